The van der Waals surface area contributed by atoms with E-state index in [0.717, 1.165) is 33.5 Å². The quantitative estimate of drug-likeness (QED) is 0.344. The number of thioether (sulfide) groups is 1. The van der Waals surface area contributed by atoms with Gasteiger partial charge in [0.15, 0.2) is 11.0 Å². The van der Waals surface area contributed by atoms with Crippen LogP contribution in [0.5, 0.6) is 5.75 Å². The van der Waals surface area contributed by atoms with Crippen molar-refractivity contribution in [2.45, 2.75) is 24.8 Å². The Morgan fingerprint density at radius 3 is 2.35 bits per heavy atom. The first-order valence-corrected chi connectivity index (χ1v) is 12.0. The van der Waals surface area contributed by atoms with Crippen LogP contribution in [0.15, 0.2) is 78.2 Å². The summed E-state index contributed by atoms with van der Waals surface area (Å²) in [6.07, 6.45) is 3.49. The normalized spacial score (nSPS) is 10.9. The number of hydrogen-bond donors (Lipinski definition) is 1. The lowest BCUT2D eigenvalue weighted by atomic mass is 10.1. The standard InChI is InChI=1S/C26H27N5O2S/c1-18(2)16-28-25(32)21-6-4-19(5-7-21)17-34-26-30-29-24(20-12-14-27-15-13-20)31(26)22-8-10-23(33-3)11-9-22/h4-15,18H,16-17H2,1-3H3,(H,28,32). The Bertz CT molecular complexity index is 1220. The predicted molar refractivity (Wildman–Crippen MR) is 134 cm³/mol. The Kier molecular flexibility index (Phi) is 7.59. The zero-order chi connectivity index (χ0) is 23.9. The highest BCUT2D eigenvalue weighted by Gasteiger charge is 2.16. The third-order valence-corrected chi connectivity index (χ3v) is 6.16. The average Bonchev–Trinajstić information content (AvgIpc) is 3.31. The zero-order valence-electron chi connectivity index (χ0n) is 19.4. The van der Waals surface area contributed by atoms with Crippen molar-refractivity contribution in [3.05, 3.63) is 84.2 Å². The monoisotopic (exact) mass is 473 g/mol. The second-order valence-electron chi connectivity index (χ2n) is 8.16. The van der Waals surface area contributed by atoms with E-state index in [4.69, 9.17) is 4.74 Å². The van der Waals surface area contributed by atoms with Crippen LogP contribution in [0, 0.1) is 5.92 Å². The number of benzene rings is 2. The molecule has 0 unspecified atom stereocenters. The van der Waals surface area contributed by atoms with E-state index in [0.29, 0.717) is 23.8 Å². The molecule has 0 saturated heterocycles. The van der Waals surface area contributed by atoms with Gasteiger partial charge in [-0.15, -0.1) is 10.2 Å². The molecule has 7 nitrogen and oxygen atoms in total. The van der Waals surface area contributed by atoms with Gasteiger partial charge in [-0.1, -0.05) is 37.7 Å². The third-order valence-electron chi connectivity index (χ3n) is 5.16. The SMILES string of the molecule is COc1ccc(-n2c(SCc3ccc(C(=O)NCC(C)C)cc3)nnc2-c2ccncc2)cc1. The summed E-state index contributed by atoms with van der Waals surface area (Å²) in [5.41, 5.74) is 3.63. The van der Waals surface area contributed by atoms with Gasteiger partial charge in [0.2, 0.25) is 0 Å². The molecular formula is C26H27N5O2S. The highest BCUT2D eigenvalue weighted by atomic mass is 32.2. The summed E-state index contributed by atoms with van der Waals surface area (Å²) in [6, 6.07) is 19.3. The Balaban J connectivity index is 1.55. The molecule has 1 amide bonds. The molecule has 0 atom stereocenters. The number of carbonyl (C=O) groups is 1. The van der Waals surface area contributed by atoms with Crippen LogP contribution in [-0.4, -0.2) is 39.3 Å². The van der Waals surface area contributed by atoms with Crippen LogP contribution in [0.3, 0.4) is 0 Å². The van der Waals surface area contributed by atoms with E-state index >= 15 is 0 Å². The predicted octanol–water partition coefficient (Wildman–Crippen LogP) is 5.02. The van der Waals surface area contributed by atoms with Crippen molar-refractivity contribution in [1.82, 2.24) is 25.1 Å². The van der Waals surface area contributed by atoms with Gasteiger partial charge >= 0.3 is 0 Å². The van der Waals surface area contributed by atoms with Gasteiger partial charge in [-0.3, -0.25) is 14.3 Å². The van der Waals surface area contributed by atoms with Crippen LogP contribution in [0.4, 0.5) is 0 Å². The van der Waals surface area contributed by atoms with E-state index < -0.39 is 0 Å². The molecule has 0 saturated carbocycles. The average molecular weight is 474 g/mol. The van der Waals surface area contributed by atoms with Crippen molar-refractivity contribution in [2.24, 2.45) is 5.92 Å². The number of pyridine rings is 1. The molecule has 0 fully saturated rings. The summed E-state index contributed by atoms with van der Waals surface area (Å²) in [5.74, 6) is 2.59. The molecule has 0 aliphatic heterocycles. The van der Waals surface area contributed by atoms with Gasteiger partial charge in [-0.25, -0.2) is 0 Å². The van der Waals surface area contributed by atoms with E-state index in [9.17, 15) is 4.79 Å². The lowest BCUT2D eigenvalue weighted by molar-refractivity contribution is 0.0949. The van der Waals surface area contributed by atoms with Gasteiger partial charge in [0.05, 0.1) is 7.11 Å². The van der Waals surface area contributed by atoms with E-state index in [1.165, 1.54) is 0 Å². The lowest BCUT2D eigenvalue weighted by Crippen LogP contribution is -2.27. The van der Waals surface area contributed by atoms with Gasteiger partial charge in [0.25, 0.3) is 5.91 Å². The molecule has 4 aromatic rings. The molecule has 0 radical (unpaired) electrons. The number of aromatic nitrogens is 4. The van der Waals surface area contributed by atoms with Crippen LogP contribution in [0.1, 0.15) is 29.8 Å². The Labute approximate surface area is 203 Å². The molecule has 2 aromatic carbocycles. The number of nitrogens with one attached hydrogen (secondary N) is 1. The summed E-state index contributed by atoms with van der Waals surface area (Å²) in [5, 5.41) is 12.7. The first-order chi connectivity index (χ1) is 16.5. The number of ether oxygens (including phenoxy) is 1. The van der Waals surface area contributed by atoms with Gasteiger partial charge in [0, 0.05) is 41.5 Å². The summed E-state index contributed by atoms with van der Waals surface area (Å²) in [6.45, 7) is 4.81. The minimum atomic E-state index is -0.0471. The topological polar surface area (TPSA) is 81.9 Å². The fourth-order valence-corrected chi connectivity index (χ4v) is 4.22. The zero-order valence-corrected chi connectivity index (χ0v) is 20.2. The van der Waals surface area contributed by atoms with Crippen LogP contribution >= 0.6 is 11.8 Å². The molecular weight excluding hydrogens is 446 g/mol. The van der Waals surface area contributed by atoms with Gasteiger partial charge < -0.3 is 10.1 Å². The third kappa shape index (κ3) is 5.63. The van der Waals surface area contributed by atoms with E-state index in [-0.39, 0.29) is 5.91 Å². The smallest absolute Gasteiger partial charge is 0.251 e. The molecule has 2 heterocycles. The van der Waals surface area contributed by atoms with Gasteiger partial charge in [-0.2, -0.15) is 0 Å². The fraction of sp³-hybridized carbons (Fsp3) is 0.231. The molecule has 0 bridgehead atoms. The van der Waals surface area contributed by atoms with Gasteiger partial charge in [-0.05, 0) is 60.0 Å². The van der Waals surface area contributed by atoms with Crippen LogP contribution < -0.4 is 10.1 Å². The summed E-state index contributed by atoms with van der Waals surface area (Å²) < 4.78 is 7.34. The fourth-order valence-electron chi connectivity index (χ4n) is 3.31. The van der Waals surface area contributed by atoms with Crippen molar-refractivity contribution in [3.8, 4) is 22.8 Å². The number of carbonyl (C=O) groups excluding carboxylic acids is 1. The number of hydrogen-bond acceptors (Lipinski definition) is 6. The number of nitrogens with zero attached hydrogens (tertiary/aromatic N) is 4. The molecule has 34 heavy (non-hydrogen) atoms. The van der Waals surface area contributed by atoms with Crippen molar-refractivity contribution in [2.75, 3.05) is 13.7 Å². The molecule has 4 rings (SSSR count). The minimum absolute atomic E-state index is 0.0471. The van der Waals surface area contributed by atoms with Crippen molar-refractivity contribution in [3.63, 3.8) is 0 Å². The Hall–Kier alpha value is -3.65. The van der Waals surface area contributed by atoms with E-state index in [1.807, 2.05) is 65.2 Å². The Morgan fingerprint density at radius 1 is 1.00 bits per heavy atom. The first-order valence-electron chi connectivity index (χ1n) is 11.1. The molecule has 0 spiro atoms. The van der Waals surface area contributed by atoms with E-state index in [2.05, 4.69) is 34.3 Å². The second-order valence-corrected chi connectivity index (χ2v) is 9.11. The number of methoxy groups -OCH3 is 1. The largest absolute Gasteiger partial charge is 0.497 e. The van der Waals surface area contributed by atoms with Gasteiger partial charge in [0.1, 0.15) is 5.75 Å². The molecule has 2 aromatic heterocycles. The highest BCUT2D eigenvalue weighted by Crippen LogP contribution is 2.30. The molecule has 174 valence electrons. The molecule has 0 aliphatic rings. The Morgan fingerprint density at radius 2 is 1.71 bits per heavy atom. The summed E-state index contributed by atoms with van der Waals surface area (Å²) >= 11 is 1.59. The van der Waals surface area contributed by atoms with E-state index in [1.54, 1.807) is 31.3 Å². The minimum Gasteiger partial charge on any atom is -0.497 e. The molecule has 1 N–H and O–H groups in total. The van der Waals surface area contributed by atoms with Crippen molar-refractivity contribution >= 4 is 17.7 Å². The maximum absolute atomic E-state index is 12.3. The maximum Gasteiger partial charge on any atom is 0.251 e. The molecule has 0 aliphatic carbocycles. The second kappa shape index (κ2) is 11.0. The van der Waals surface area contributed by atoms with Crippen LogP contribution in [-0.2, 0) is 5.75 Å². The molecule has 8 heteroatoms. The van der Waals surface area contributed by atoms with Crippen molar-refractivity contribution < 1.29 is 9.53 Å². The maximum atomic E-state index is 12.3. The number of rotatable bonds is 9. The highest BCUT2D eigenvalue weighted by molar-refractivity contribution is 7.98. The number of amides is 1. The summed E-state index contributed by atoms with van der Waals surface area (Å²) in [4.78, 5) is 16.4. The summed E-state index contributed by atoms with van der Waals surface area (Å²) in [7, 11) is 1.65. The van der Waals surface area contributed by atoms with Crippen LogP contribution in [0.25, 0.3) is 17.1 Å². The van der Waals surface area contributed by atoms with Crippen molar-refractivity contribution in [1.29, 1.82) is 0 Å². The first kappa shape index (κ1) is 23.5. The van der Waals surface area contributed by atoms with Crippen LogP contribution in [0.2, 0.25) is 0 Å². The lowest BCUT2D eigenvalue weighted by Gasteiger charge is -2.11.